The highest BCUT2D eigenvalue weighted by molar-refractivity contribution is 9.10. The van der Waals surface area contributed by atoms with Crippen molar-refractivity contribution in [1.29, 1.82) is 0 Å². The van der Waals surface area contributed by atoms with E-state index in [-0.39, 0.29) is 0 Å². The number of hydrogen-bond donors (Lipinski definition) is 1. The SMILES string of the molecule is COC(=O)c1ccc(Cl)c(C)c1Nc1ccc(Br)cc1Cl. The lowest BCUT2D eigenvalue weighted by Gasteiger charge is -2.16. The molecule has 0 aliphatic rings. The smallest absolute Gasteiger partial charge is 0.339 e. The maximum Gasteiger partial charge on any atom is 0.339 e. The molecule has 0 unspecified atom stereocenters. The van der Waals surface area contributed by atoms with Crippen LogP contribution in [-0.4, -0.2) is 13.1 Å². The summed E-state index contributed by atoms with van der Waals surface area (Å²) in [7, 11) is 1.34. The number of carbonyl (C=O) groups excluding carboxylic acids is 1. The normalized spacial score (nSPS) is 10.3. The molecule has 0 spiro atoms. The molecule has 0 aromatic heterocycles. The molecule has 0 atom stereocenters. The fourth-order valence-electron chi connectivity index (χ4n) is 1.85. The van der Waals surface area contributed by atoms with Crippen LogP contribution in [0.25, 0.3) is 0 Å². The second-order valence-electron chi connectivity index (χ2n) is 4.34. The number of esters is 1. The number of rotatable bonds is 3. The van der Waals surface area contributed by atoms with Gasteiger partial charge in [-0.1, -0.05) is 39.1 Å². The standard InChI is InChI=1S/C15H12BrCl2NO2/c1-8-11(17)5-4-10(15(20)21-2)14(8)19-13-6-3-9(16)7-12(13)18/h3-7,19H,1-2H3. The highest BCUT2D eigenvalue weighted by Crippen LogP contribution is 2.34. The molecule has 0 aliphatic heterocycles. The number of ether oxygens (including phenoxy) is 1. The van der Waals surface area contributed by atoms with Gasteiger partial charge < -0.3 is 10.1 Å². The van der Waals surface area contributed by atoms with Crippen LogP contribution in [0.3, 0.4) is 0 Å². The van der Waals surface area contributed by atoms with Crippen molar-refractivity contribution in [3.05, 3.63) is 56.0 Å². The van der Waals surface area contributed by atoms with Gasteiger partial charge in [0.25, 0.3) is 0 Å². The van der Waals surface area contributed by atoms with E-state index >= 15 is 0 Å². The van der Waals surface area contributed by atoms with Gasteiger partial charge in [-0.3, -0.25) is 0 Å². The number of carbonyl (C=O) groups is 1. The van der Waals surface area contributed by atoms with Crippen molar-refractivity contribution in [3.63, 3.8) is 0 Å². The summed E-state index contributed by atoms with van der Waals surface area (Å²) >= 11 is 15.7. The van der Waals surface area contributed by atoms with Gasteiger partial charge in [-0.2, -0.15) is 0 Å². The number of methoxy groups -OCH3 is 1. The van der Waals surface area contributed by atoms with Gasteiger partial charge in [0.2, 0.25) is 0 Å². The van der Waals surface area contributed by atoms with Crippen LogP contribution in [0.2, 0.25) is 10.0 Å². The lowest BCUT2D eigenvalue weighted by atomic mass is 10.1. The van der Waals surface area contributed by atoms with Crippen LogP contribution < -0.4 is 5.32 Å². The van der Waals surface area contributed by atoms with Crippen molar-refractivity contribution in [2.75, 3.05) is 12.4 Å². The molecule has 1 N–H and O–H groups in total. The third-order valence-electron chi connectivity index (χ3n) is 3.00. The molecule has 0 amide bonds. The first-order valence-corrected chi connectivity index (χ1v) is 7.58. The van der Waals surface area contributed by atoms with Crippen LogP contribution in [0.5, 0.6) is 0 Å². The van der Waals surface area contributed by atoms with Gasteiger partial charge in [0.15, 0.2) is 0 Å². The van der Waals surface area contributed by atoms with Crippen LogP contribution in [-0.2, 0) is 4.74 Å². The first kappa shape index (κ1) is 16.1. The van der Waals surface area contributed by atoms with E-state index < -0.39 is 5.97 Å². The van der Waals surface area contributed by atoms with Gasteiger partial charge in [-0.05, 0) is 42.8 Å². The topological polar surface area (TPSA) is 38.3 Å². The van der Waals surface area contributed by atoms with Gasteiger partial charge in [0.1, 0.15) is 0 Å². The van der Waals surface area contributed by atoms with Crippen LogP contribution in [0.15, 0.2) is 34.8 Å². The molecule has 0 heterocycles. The maximum atomic E-state index is 11.9. The lowest BCUT2D eigenvalue weighted by Crippen LogP contribution is -2.07. The van der Waals surface area contributed by atoms with E-state index in [0.29, 0.717) is 27.0 Å². The molecule has 0 aliphatic carbocycles. The molecule has 2 aromatic rings. The number of halogens is 3. The first-order chi connectivity index (χ1) is 9.93. The quantitative estimate of drug-likeness (QED) is 0.696. The van der Waals surface area contributed by atoms with Gasteiger partial charge in [-0.15, -0.1) is 0 Å². The third kappa shape index (κ3) is 3.51. The summed E-state index contributed by atoms with van der Waals surface area (Å²) < 4.78 is 5.67. The molecular weight excluding hydrogens is 377 g/mol. The number of nitrogens with one attached hydrogen (secondary N) is 1. The summed E-state index contributed by atoms with van der Waals surface area (Å²) in [6.45, 7) is 1.82. The summed E-state index contributed by atoms with van der Waals surface area (Å²) in [5, 5.41) is 4.24. The fraction of sp³-hybridized carbons (Fsp3) is 0.133. The minimum atomic E-state index is -0.439. The predicted octanol–water partition coefficient (Wildman–Crippen LogP) is 5.59. The van der Waals surface area contributed by atoms with Crippen molar-refractivity contribution in [3.8, 4) is 0 Å². The van der Waals surface area contributed by atoms with E-state index in [1.54, 1.807) is 18.2 Å². The molecule has 0 saturated heterocycles. The van der Waals surface area contributed by atoms with E-state index in [4.69, 9.17) is 27.9 Å². The van der Waals surface area contributed by atoms with Crippen LogP contribution in [0.1, 0.15) is 15.9 Å². The fourth-order valence-corrected chi connectivity index (χ4v) is 2.73. The maximum absolute atomic E-state index is 11.9. The Labute approximate surface area is 141 Å². The monoisotopic (exact) mass is 387 g/mol. The molecule has 0 fully saturated rings. The summed E-state index contributed by atoms with van der Waals surface area (Å²) in [6.07, 6.45) is 0. The Morgan fingerprint density at radius 3 is 2.52 bits per heavy atom. The van der Waals surface area contributed by atoms with E-state index in [0.717, 1.165) is 10.0 Å². The summed E-state index contributed by atoms with van der Waals surface area (Å²) in [5.74, 6) is -0.439. The highest BCUT2D eigenvalue weighted by Gasteiger charge is 2.17. The average molecular weight is 389 g/mol. The number of anilines is 2. The minimum absolute atomic E-state index is 0.401. The van der Waals surface area contributed by atoms with Crippen molar-refractivity contribution in [2.45, 2.75) is 6.92 Å². The van der Waals surface area contributed by atoms with Gasteiger partial charge in [0, 0.05) is 9.50 Å². The highest BCUT2D eigenvalue weighted by atomic mass is 79.9. The third-order valence-corrected chi connectivity index (χ3v) is 4.21. The zero-order valence-electron chi connectivity index (χ0n) is 11.3. The second kappa shape index (κ2) is 6.69. The Hall–Kier alpha value is -1.23. The molecule has 3 nitrogen and oxygen atoms in total. The van der Waals surface area contributed by atoms with Crippen molar-refractivity contribution in [1.82, 2.24) is 0 Å². The molecule has 6 heteroatoms. The molecule has 2 aromatic carbocycles. The zero-order valence-corrected chi connectivity index (χ0v) is 14.4. The van der Waals surface area contributed by atoms with Crippen molar-refractivity contribution < 1.29 is 9.53 Å². The average Bonchev–Trinajstić information content (AvgIpc) is 2.45. The summed E-state index contributed by atoms with van der Waals surface area (Å²) in [4.78, 5) is 11.9. The second-order valence-corrected chi connectivity index (χ2v) is 6.07. The summed E-state index contributed by atoms with van der Waals surface area (Å²) in [5.41, 5.74) is 2.41. The Bertz CT molecular complexity index is 704. The van der Waals surface area contributed by atoms with Gasteiger partial charge in [-0.25, -0.2) is 4.79 Å². The zero-order chi connectivity index (χ0) is 15.6. The molecule has 110 valence electrons. The van der Waals surface area contributed by atoms with E-state index in [9.17, 15) is 4.79 Å². The van der Waals surface area contributed by atoms with Gasteiger partial charge >= 0.3 is 5.97 Å². The Balaban J connectivity index is 2.51. The largest absolute Gasteiger partial charge is 0.465 e. The molecule has 0 saturated carbocycles. The molecule has 0 bridgehead atoms. The Morgan fingerprint density at radius 1 is 1.19 bits per heavy atom. The van der Waals surface area contributed by atoms with E-state index in [1.807, 2.05) is 19.1 Å². The van der Waals surface area contributed by atoms with Crippen molar-refractivity contribution >= 4 is 56.5 Å². The molecule has 21 heavy (non-hydrogen) atoms. The molecule has 2 rings (SSSR count). The number of hydrogen-bond acceptors (Lipinski definition) is 3. The van der Waals surface area contributed by atoms with Crippen molar-refractivity contribution in [2.24, 2.45) is 0 Å². The molecule has 0 radical (unpaired) electrons. The number of benzene rings is 2. The van der Waals surface area contributed by atoms with Crippen LogP contribution in [0.4, 0.5) is 11.4 Å². The van der Waals surface area contributed by atoms with Crippen LogP contribution >= 0.6 is 39.1 Å². The first-order valence-electron chi connectivity index (χ1n) is 6.03. The van der Waals surface area contributed by atoms with E-state index in [1.165, 1.54) is 7.11 Å². The summed E-state index contributed by atoms with van der Waals surface area (Å²) in [6, 6.07) is 8.72. The van der Waals surface area contributed by atoms with E-state index in [2.05, 4.69) is 21.2 Å². The Morgan fingerprint density at radius 2 is 1.90 bits per heavy atom. The lowest BCUT2D eigenvalue weighted by molar-refractivity contribution is 0.0602. The molecular formula is C15H12BrCl2NO2. The minimum Gasteiger partial charge on any atom is -0.465 e. The Kier molecular flexibility index (Phi) is 5.14. The predicted molar refractivity (Wildman–Crippen MR) is 90.0 cm³/mol. The van der Waals surface area contributed by atoms with Crippen LogP contribution in [0, 0.1) is 6.92 Å². The van der Waals surface area contributed by atoms with Gasteiger partial charge in [0.05, 0.1) is 29.1 Å².